The number of carbonyl (C=O) groups is 2. The zero-order valence-corrected chi connectivity index (χ0v) is 17.9. The van der Waals surface area contributed by atoms with Crippen molar-refractivity contribution in [1.29, 1.82) is 0 Å². The molecule has 1 aliphatic rings. The van der Waals surface area contributed by atoms with Gasteiger partial charge >= 0.3 is 0 Å². The molecule has 6 nitrogen and oxygen atoms in total. The Bertz CT molecular complexity index is 860. The molecule has 0 aromatic heterocycles. The maximum atomic E-state index is 12.9. The van der Waals surface area contributed by atoms with Crippen molar-refractivity contribution in [1.82, 2.24) is 9.80 Å². The number of rotatable bonds is 8. The number of amides is 2. The van der Waals surface area contributed by atoms with Gasteiger partial charge in [-0.05, 0) is 43.8 Å². The molecule has 1 heterocycles. The zero-order valence-electron chi connectivity index (χ0n) is 17.9. The van der Waals surface area contributed by atoms with Gasteiger partial charge in [-0.3, -0.25) is 9.59 Å². The standard InChI is InChI=1S/C24H31N3O3/c1-3-4-7-17-30-22-12-6-5-11-21(22)23(28)25-20-10-8-9-19(18-20)24(29)27-15-13-26(2)14-16-27/h5-6,8-12,18H,3-4,7,13-17H2,1-2H3,(H,25,28). The summed E-state index contributed by atoms with van der Waals surface area (Å²) in [4.78, 5) is 29.7. The summed E-state index contributed by atoms with van der Waals surface area (Å²) in [6.07, 6.45) is 3.18. The molecule has 0 spiro atoms. The Labute approximate surface area is 178 Å². The molecule has 30 heavy (non-hydrogen) atoms. The highest BCUT2D eigenvalue weighted by atomic mass is 16.5. The summed E-state index contributed by atoms with van der Waals surface area (Å²) < 4.78 is 5.82. The average Bonchev–Trinajstić information content (AvgIpc) is 2.77. The predicted octanol–water partition coefficient (Wildman–Crippen LogP) is 3.90. The van der Waals surface area contributed by atoms with Crippen molar-refractivity contribution in [3.63, 3.8) is 0 Å². The van der Waals surface area contributed by atoms with E-state index in [-0.39, 0.29) is 11.8 Å². The quantitative estimate of drug-likeness (QED) is 0.672. The van der Waals surface area contributed by atoms with E-state index < -0.39 is 0 Å². The molecule has 0 bridgehead atoms. The third-order valence-corrected chi connectivity index (χ3v) is 5.30. The molecule has 0 saturated carbocycles. The van der Waals surface area contributed by atoms with Crippen LogP contribution in [0.4, 0.5) is 5.69 Å². The summed E-state index contributed by atoms with van der Waals surface area (Å²) in [6, 6.07) is 14.4. The second-order valence-corrected chi connectivity index (χ2v) is 7.68. The number of anilines is 1. The van der Waals surface area contributed by atoms with Gasteiger partial charge in [-0.1, -0.05) is 38.0 Å². The summed E-state index contributed by atoms with van der Waals surface area (Å²) >= 11 is 0. The highest BCUT2D eigenvalue weighted by Crippen LogP contribution is 2.21. The lowest BCUT2D eigenvalue weighted by Crippen LogP contribution is -2.47. The minimum atomic E-state index is -0.245. The van der Waals surface area contributed by atoms with E-state index in [2.05, 4.69) is 24.2 Å². The number of hydrogen-bond acceptors (Lipinski definition) is 4. The summed E-state index contributed by atoms with van der Waals surface area (Å²) in [6.45, 7) is 5.91. The Morgan fingerprint density at radius 2 is 1.77 bits per heavy atom. The van der Waals surface area contributed by atoms with Crippen LogP contribution in [0.3, 0.4) is 0 Å². The van der Waals surface area contributed by atoms with E-state index in [4.69, 9.17) is 4.74 Å². The van der Waals surface area contributed by atoms with Gasteiger partial charge in [-0.2, -0.15) is 0 Å². The van der Waals surface area contributed by atoms with Gasteiger partial charge in [-0.15, -0.1) is 0 Å². The number of nitrogens with zero attached hydrogens (tertiary/aromatic N) is 2. The van der Waals surface area contributed by atoms with Crippen molar-refractivity contribution < 1.29 is 14.3 Å². The number of benzene rings is 2. The molecule has 2 aromatic carbocycles. The molecule has 0 radical (unpaired) electrons. The van der Waals surface area contributed by atoms with Gasteiger partial charge in [0.15, 0.2) is 0 Å². The van der Waals surface area contributed by atoms with Crippen LogP contribution in [0.15, 0.2) is 48.5 Å². The maximum Gasteiger partial charge on any atom is 0.259 e. The molecule has 1 fully saturated rings. The first kappa shape index (κ1) is 21.8. The van der Waals surface area contributed by atoms with Crippen LogP contribution in [0.25, 0.3) is 0 Å². The smallest absolute Gasteiger partial charge is 0.259 e. The molecule has 2 aromatic rings. The number of piperazine rings is 1. The lowest BCUT2D eigenvalue weighted by atomic mass is 10.1. The van der Waals surface area contributed by atoms with E-state index in [1.165, 1.54) is 0 Å². The van der Waals surface area contributed by atoms with Crippen LogP contribution in [0, 0.1) is 0 Å². The van der Waals surface area contributed by atoms with E-state index in [1.807, 2.05) is 23.1 Å². The van der Waals surface area contributed by atoms with E-state index in [1.54, 1.807) is 30.3 Å². The molecule has 0 unspecified atom stereocenters. The molecule has 1 saturated heterocycles. The van der Waals surface area contributed by atoms with Gasteiger partial charge in [0, 0.05) is 37.4 Å². The highest BCUT2D eigenvalue weighted by Gasteiger charge is 2.21. The van der Waals surface area contributed by atoms with Crippen molar-refractivity contribution in [2.45, 2.75) is 26.2 Å². The Morgan fingerprint density at radius 3 is 2.53 bits per heavy atom. The number of likely N-dealkylation sites (N-methyl/N-ethyl adjacent to an activating group) is 1. The fourth-order valence-corrected chi connectivity index (χ4v) is 3.43. The molecular weight excluding hydrogens is 378 g/mol. The number of para-hydroxylation sites is 1. The predicted molar refractivity (Wildman–Crippen MR) is 119 cm³/mol. The molecule has 0 aliphatic carbocycles. The van der Waals surface area contributed by atoms with E-state index in [9.17, 15) is 9.59 Å². The fourth-order valence-electron chi connectivity index (χ4n) is 3.43. The van der Waals surface area contributed by atoms with Gasteiger partial charge < -0.3 is 19.9 Å². The topological polar surface area (TPSA) is 61.9 Å². The third-order valence-electron chi connectivity index (χ3n) is 5.30. The largest absolute Gasteiger partial charge is 0.493 e. The number of carbonyl (C=O) groups excluding carboxylic acids is 2. The Kier molecular flexibility index (Phi) is 7.85. The molecule has 2 amide bonds. The first-order valence-electron chi connectivity index (χ1n) is 10.7. The zero-order chi connectivity index (χ0) is 21.3. The van der Waals surface area contributed by atoms with Crippen molar-refractivity contribution in [3.8, 4) is 5.75 Å². The van der Waals surface area contributed by atoms with E-state index in [0.29, 0.717) is 42.3 Å². The normalized spacial score (nSPS) is 14.4. The maximum absolute atomic E-state index is 12.9. The monoisotopic (exact) mass is 409 g/mol. The van der Waals surface area contributed by atoms with Crippen LogP contribution in [-0.4, -0.2) is 61.4 Å². The van der Waals surface area contributed by atoms with Gasteiger partial charge in [0.25, 0.3) is 11.8 Å². The van der Waals surface area contributed by atoms with E-state index in [0.717, 1.165) is 32.4 Å². The minimum absolute atomic E-state index is 0.00106. The molecule has 1 N–H and O–H groups in total. The van der Waals surface area contributed by atoms with Gasteiger partial charge in [0.1, 0.15) is 5.75 Å². The molecule has 3 rings (SSSR count). The highest BCUT2D eigenvalue weighted by molar-refractivity contribution is 6.06. The van der Waals surface area contributed by atoms with Crippen molar-refractivity contribution in [3.05, 3.63) is 59.7 Å². The lowest BCUT2D eigenvalue weighted by Gasteiger charge is -2.32. The van der Waals surface area contributed by atoms with Gasteiger partial charge in [-0.25, -0.2) is 0 Å². The van der Waals surface area contributed by atoms with Gasteiger partial charge in [0.2, 0.25) is 0 Å². The Hall–Kier alpha value is -2.86. The van der Waals surface area contributed by atoms with Crippen LogP contribution in [0.2, 0.25) is 0 Å². The second-order valence-electron chi connectivity index (χ2n) is 7.68. The van der Waals surface area contributed by atoms with Crippen LogP contribution < -0.4 is 10.1 Å². The Balaban J connectivity index is 1.66. The summed E-state index contributed by atoms with van der Waals surface area (Å²) in [5.74, 6) is 0.333. The SMILES string of the molecule is CCCCCOc1ccccc1C(=O)Nc1cccc(C(=O)N2CCN(C)CC2)c1. The number of hydrogen-bond donors (Lipinski definition) is 1. The fraction of sp³-hybridized carbons (Fsp3) is 0.417. The van der Waals surface area contributed by atoms with Crippen molar-refractivity contribution in [2.75, 3.05) is 45.2 Å². The van der Waals surface area contributed by atoms with Gasteiger partial charge in [0.05, 0.1) is 12.2 Å². The molecule has 160 valence electrons. The number of ether oxygens (including phenoxy) is 1. The first-order chi connectivity index (χ1) is 14.6. The summed E-state index contributed by atoms with van der Waals surface area (Å²) in [5.41, 5.74) is 1.67. The number of nitrogens with one attached hydrogen (secondary N) is 1. The molecule has 1 aliphatic heterocycles. The van der Waals surface area contributed by atoms with E-state index >= 15 is 0 Å². The average molecular weight is 410 g/mol. The first-order valence-corrected chi connectivity index (χ1v) is 10.7. The molecule has 0 atom stereocenters. The van der Waals surface area contributed by atoms with Crippen LogP contribution >= 0.6 is 0 Å². The summed E-state index contributed by atoms with van der Waals surface area (Å²) in [7, 11) is 2.06. The third kappa shape index (κ3) is 5.83. The van der Waals surface area contributed by atoms with Crippen LogP contribution in [0.5, 0.6) is 5.75 Å². The lowest BCUT2D eigenvalue weighted by molar-refractivity contribution is 0.0664. The van der Waals surface area contributed by atoms with Crippen LogP contribution in [-0.2, 0) is 0 Å². The number of unbranched alkanes of at least 4 members (excludes halogenated alkanes) is 2. The Morgan fingerprint density at radius 1 is 1.00 bits per heavy atom. The van der Waals surface area contributed by atoms with Crippen molar-refractivity contribution >= 4 is 17.5 Å². The second kappa shape index (κ2) is 10.8. The molecule has 6 heteroatoms. The molecular formula is C24H31N3O3. The minimum Gasteiger partial charge on any atom is -0.493 e. The summed E-state index contributed by atoms with van der Waals surface area (Å²) in [5, 5.41) is 2.91. The van der Waals surface area contributed by atoms with Crippen molar-refractivity contribution in [2.24, 2.45) is 0 Å². The van der Waals surface area contributed by atoms with Crippen LogP contribution in [0.1, 0.15) is 46.9 Å².